The predicted molar refractivity (Wildman–Crippen MR) is 86.1 cm³/mol. The van der Waals surface area contributed by atoms with Gasteiger partial charge in [0.25, 0.3) is 11.8 Å². The molecule has 0 radical (unpaired) electrons. The van der Waals surface area contributed by atoms with Crippen molar-refractivity contribution in [2.45, 2.75) is 38.3 Å². The zero-order chi connectivity index (χ0) is 17.1. The van der Waals surface area contributed by atoms with Crippen LogP contribution < -0.4 is 11.2 Å². The van der Waals surface area contributed by atoms with Gasteiger partial charge in [-0.15, -0.1) is 0 Å². The first-order valence-electron chi connectivity index (χ1n) is 7.90. The summed E-state index contributed by atoms with van der Waals surface area (Å²) >= 11 is 0. The number of halogens is 2. The van der Waals surface area contributed by atoms with Gasteiger partial charge in [0.2, 0.25) is 0 Å². The Morgan fingerprint density at radius 1 is 1.42 bits per heavy atom. The number of allylic oxidation sites excluding steroid dienone is 1. The number of hydrogen-bond donors (Lipinski definition) is 3. The van der Waals surface area contributed by atoms with E-state index in [-0.39, 0.29) is 18.7 Å². The number of aryl methyl sites for hydroxylation is 1. The van der Waals surface area contributed by atoms with Gasteiger partial charge in [-0.1, -0.05) is 6.07 Å². The van der Waals surface area contributed by atoms with Crippen LogP contribution in [0.4, 0.5) is 8.78 Å². The summed E-state index contributed by atoms with van der Waals surface area (Å²) in [6, 6.07) is 7.34. The van der Waals surface area contributed by atoms with Gasteiger partial charge in [-0.3, -0.25) is 4.79 Å². The van der Waals surface area contributed by atoms with E-state index in [1.807, 2.05) is 19.1 Å². The van der Waals surface area contributed by atoms with Gasteiger partial charge in [0.05, 0.1) is 11.7 Å². The number of carbonyl (C=O) groups excluding carboxylic acids is 1. The minimum Gasteiger partial charge on any atom is -0.359 e. The second-order valence-corrected chi connectivity index (χ2v) is 6.47. The number of H-pyrrole nitrogens is 1. The van der Waals surface area contributed by atoms with Crippen LogP contribution in [0.5, 0.6) is 0 Å². The van der Waals surface area contributed by atoms with Gasteiger partial charge in [-0.25, -0.2) is 19.2 Å². The van der Waals surface area contributed by atoms with Crippen molar-refractivity contribution in [3.05, 3.63) is 46.8 Å². The zero-order valence-electron chi connectivity index (χ0n) is 13.2. The number of carbonyl (C=O) groups is 1. The summed E-state index contributed by atoms with van der Waals surface area (Å²) in [6.07, 6.45) is -1.27. The Kier molecular flexibility index (Phi) is 3.26. The molecule has 1 amide bonds. The second-order valence-electron chi connectivity index (χ2n) is 6.47. The molecule has 4 rings (SSSR count). The molecule has 1 aliphatic carbocycles. The van der Waals surface area contributed by atoms with E-state index in [4.69, 9.17) is 5.73 Å². The van der Waals surface area contributed by atoms with Gasteiger partial charge >= 0.3 is 0 Å². The normalized spacial score (nSPS) is 23.0. The molecule has 1 aromatic heterocycles. The number of hydrazine groups is 1. The van der Waals surface area contributed by atoms with Crippen molar-refractivity contribution in [3.63, 3.8) is 0 Å². The van der Waals surface area contributed by atoms with Crippen molar-refractivity contribution in [2.24, 2.45) is 5.73 Å². The Labute approximate surface area is 137 Å². The third-order valence-corrected chi connectivity index (χ3v) is 4.69. The van der Waals surface area contributed by atoms with E-state index in [1.165, 1.54) is 5.01 Å². The Morgan fingerprint density at radius 3 is 3.00 bits per heavy atom. The molecule has 1 unspecified atom stereocenters. The summed E-state index contributed by atoms with van der Waals surface area (Å²) < 4.78 is 27.3. The first kappa shape index (κ1) is 15.3. The molecule has 4 N–H and O–H groups in total. The summed E-state index contributed by atoms with van der Waals surface area (Å²) in [5.41, 5.74) is 12.1. The van der Waals surface area contributed by atoms with Crippen LogP contribution >= 0.6 is 0 Å². The van der Waals surface area contributed by atoms with E-state index in [1.54, 1.807) is 12.1 Å². The molecular weight excluding hydrogens is 314 g/mol. The van der Waals surface area contributed by atoms with Crippen molar-refractivity contribution in [1.82, 2.24) is 15.4 Å². The maximum atomic E-state index is 13.7. The van der Waals surface area contributed by atoms with Crippen molar-refractivity contribution >= 4 is 16.8 Å². The highest BCUT2D eigenvalue weighted by molar-refractivity contribution is 6.07. The lowest BCUT2D eigenvalue weighted by molar-refractivity contribution is -0.0139. The second kappa shape index (κ2) is 5.12. The van der Waals surface area contributed by atoms with E-state index >= 15 is 0 Å². The molecular formula is C17H18F2N4O. The lowest BCUT2D eigenvalue weighted by Gasteiger charge is -2.26. The smallest absolute Gasteiger partial charge is 0.273 e. The molecule has 7 heteroatoms. The van der Waals surface area contributed by atoms with Gasteiger partial charge < -0.3 is 10.7 Å². The predicted octanol–water partition coefficient (Wildman–Crippen LogP) is 2.79. The van der Waals surface area contributed by atoms with Crippen LogP contribution in [0.2, 0.25) is 0 Å². The van der Waals surface area contributed by atoms with Crippen molar-refractivity contribution in [2.75, 3.05) is 0 Å². The lowest BCUT2D eigenvalue weighted by Crippen LogP contribution is -2.45. The van der Waals surface area contributed by atoms with Crippen LogP contribution in [-0.4, -0.2) is 28.0 Å². The van der Waals surface area contributed by atoms with E-state index in [2.05, 4.69) is 10.4 Å². The first-order valence-corrected chi connectivity index (χ1v) is 7.90. The fraction of sp³-hybridized carbons (Fsp3) is 0.353. The van der Waals surface area contributed by atoms with Crippen LogP contribution in [0.15, 0.2) is 35.5 Å². The minimum absolute atomic E-state index is 0.136. The standard InChI is InChI=1S/C17H18F2N4O/c1-9-7-11-10(3-2-4-13(11)21-9)16(24)23-14-5-6-17(18,19)8-12(14)15(20)22-23/h2-4,7,15,21-22H,5-6,8,20H2,1H3. The molecule has 2 aromatic rings. The number of hydrogen-bond acceptors (Lipinski definition) is 3. The Bertz CT molecular complexity index is 871. The first-order chi connectivity index (χ1) is 11.4. The zero-order valence-corrected chi connectivity index (χ0v) is 13.2. The SMILES string of the molecule is Cc1cc2c(C(=O)N3NC(N)C4=C3CCC(F)(F)C4)cccc2[nH]1. The Balaban J connectivity index is 1.74. The van der Waals surface area contributed by atoms with Crippen molar-refractivity contribution < 1.29 is 13.6 Å². The average molecular weight is 332 g/mol. The third-order valence-electron chi connectivity index (χ3n) is 4.69. The summed E-state index contributed by atoms with van der Waals surface area (Å²) in [5.74, 6) is -3.03. The average Bonchev–Trinajstić information content (AvgIpc) is 3.05. The number of aromatic nitrogens is 1. The monoisotopic (exact) mass is 332 g/mol. The number of nitrogens with zero attached hydrogens (tertiary/aromatic N) is 1. The van der Waals surface area contributed by atoms with Gasteiger partial charge in [-0.05, 0) is 37.1 Å². The van der Waals surface area contributed by atoms with Gasteiger partial charge in [0, 0.05) is 35.1 Å². The third kappa shape index (κ3) is 2.32. The maximum absolute atomic E-state index is 13.7. The fourth-order valence-electron chi connectivity index (χ4n) is 3.55. The number of alkyl halides is 2. The molecule has 0 fully saturated rings. The van der Waals surface area contributed by atoms with Crippen LogP contribution in [0.1, 0.15) is 35.3 Å². The largest absolute Gasteiger partial charge is 0.359 e. The lowest BCUT2D eigenvalue weighted by atomic mass is 9.92. The number of rotatable bonds is 1. The highest BCUT2D eigenvalue weighted by Crippen LogP contribution is 2.41. The van der Waals surface area contributed by atoms with Crippen LogP contribution in [0.25, 0.3) is 10.9 Å². The number of benzene rings is 1. The molecule has 126 valence electrons. The topological polar surface area (TPSA) is 74.2 Å². The van der Waals surface area contributed by atoms with Crippen LogP contribution in [-0.2, 0) is 0 Å². The Morgan fingerprint density at radius 2 is 2.21 bits per heavy atom. The molecule has 2 aliphatic rings. The van der Waals surface area contributed by atoms with Gasteiger partial charge in [0.1, 0.15) is 0 Å². The van der Waals surface area contributed by atoms with Crippen LogP contribution in [0.3, 0.4) is 0 Å². The van der Waals surface area contributed by atoms with E-state index < -0.39 is 18.5 Å². The molecule has 2 heterocycles. The number of fused-ring (bicyclic) bond motifs is 1. The maximum Gasteiger partial charge on any atom is 0.273 e. The number of amides is 1. The summed E-state index contributed by atoms with van der Waals surface area (Å²) in [5, 5.41) is 2.16. The van der Waals surface area contributed by atoms with Crippen LogP contribution in [0, 0.1) is 6.92 Å². The fourth-order valence-corrected chi connectivity index (χ4v) is 3.55. The summed E-state index contributed by atoms with van der Waals surface area (Å²) in [6.45, 7) is 1.92. The van der Waals surface area contributed by atoms with Crippen molar-refractivity contribution in [3.8, 4) is 0 Å². The highest BCUT2D eigenvalue weighted by atomic mass is 19.3. The minimum atomic E-state index is -2.76. The Hall–Kier alpha value is -2.25. The molecule has 0 saturated heterocycles. The van der Waals surface area contributed by atoms with E-state index in [9.17, 15) is 13.6 Å². The van der Waals surface area contributed by atoms with Gasteiger partial charge in [-0.2, -0.15) is 0 Å². The van der Waals surface area contributed by atoms with E-state index in [0.29, 0.717) is 16.8 Å². The molecule has 0 saturated carbocycles. The molecule has 0 bridgehead atoms. The molecule has 1 aliphatic heterocycles. The quantitative estimate of drug-likeness (QED) is 0.752. The molecule has 1 aromatic carbocycles. The van der Waals surface area contributed by atoms with Crippen molar-refractivity contribution in [1.29, 1.82) is 0 Å². The van der Waals surface area contributed by atoms with E-state index in [0.717, 1.165) is 16.6 Å². The molecule has 24 heavy (non-hydrogen) atoms. The highest BCUT2D eigenvalue weighted by Gasteiger charge is 2.44. The molecule has 1 atom stereocenters. The molecule has 0 spiro atoms. The molecule has 5 nitrogen and oxygen atoms in total. The van der Waals surface area contributed by atoms with Gasteiger partial charge in [0.15, 0.2) is 0 Å². The summed E-state index contributed by atoms with van der Waals surface area (Å²) in [4.78, 5) is 16.2. The summed E-state index contributed by atoms with van der Waals surface area (Å²) in [7, 11) is 0. The number of aromatic amines is 1. The number of nitrogens with one attached hydrogen (secondary N) is 2. The number of nitrogens with two attached hydrogens (primary N) is 1.